The first-order valence-corrected chi connectivity index (χ1v) is 7.21. The van der Waals surface area contributed by atoms with E-state index < -0.39 is 29.7 Å². The highest BCUT2D eigenvalue weighted by atomic mass is 19.4. The largest absolute Gasteiger partial charge is 0.451 e. The molecule has 0 atom stereocenters. The molecule has 0 spiro atoms. The number of alkyl halides is 3. The molecule has 1 aromatic carbocycles. The highest BCUT2D eigenvalue weighted by Gasteiger charge is 2.39. The van der Waals surface area contributed by atoms with Gasteiger partial charge in [0, 0.05) is 25.2 Å². The van der Waals surface area contributed by atoms with E-state index in [2.05, 4.69) is 15.5 Å². The summed E-state index contributed by atoms with van der Waals surface area (Å²) in [5.74, 6) is -2.42. The predicted octanol–water partition coefficient (Wildman–Crippen LogP) is 2.30. The van der Waals surface area contributed by atoms with Crippen molar-refractivity contribution in [2.24, 2.45) is 0 Å². The summed E-state index contributed by atoms with van der Waals surface area (Å²) >= 11 is 0. The number of carbonyl (C=O) groups is 1. The molecule has 0 saturated heterocycles. The normalized spacial score (nSPS) is 14.4. The Balaban J connectivity index is 1.65. The Bertz CT molecular complexity index is 803. The molecule has 6 nitrogen and oxygen atoms in total. The van der Waals surface area contributed by atoms with Gasteiger partial charge in [0.1, 0.15) is 11.6 Å². The van der Waals surface area contributed by atoms with Crippen molar-refractivity contribution in [2.75, 3.05) is 6.54 Å². The third kappa shape index (κ3) is 3.54. The van der Waals surface area contributed by atoms with E-state index in [1.807, 2.05) is 0 Å². The molecule has 2 amide bonds. The number of benzene rings is 1. The number of urea groups is 1. The van der Waals surface area contributed by atoms with Crippen molar-refractivity contribution in [3.8, 4) is 0 Å². The average Bonchev–Trinajstić information content (AvgIpc) is 2.98. The van der Waals surface area contributed by atoms with Crippen LogP contribution < -0.4 is 5.32 Å². The van der Waals surface area contributed by atoms with Gasteiger partial charge in [0.15, 0.2) is 5.82 Å². The van der Waals surface area contributed by atoms with Crippen molar-refractivity contribution in [1.82, 2.24) is 25.0 Å². The summed E-state index contributed by atoms with van der Waals surface area (Å²) in [6, 6.07) is 2.24. The van der Waals surface area contributed by atoms with Gasteiger partial charge >= 0.3 is 12.2 Å². The van der Waals surface area contributed by atoms with Crippen LogP contribution in [0.2, 0.25) is 0 Å². The second kappa shape index (κ2) is 6.30. The fraction of sp³-hybridized carbons (Fsp3) is 0.357. The van der Waals surface area contributed by atoms with Gasteiger partial charge in [-0.15, -0.1) is 10.2 Å². The molecule has 1 aliphatic heterocycles. The van der Waals surface area contributed by atoms with E-state index in [4.69, 9.17) is 0 Å². The zero-order valence-electron chi connectivity index (χ0n) is 12.6. The molecule has 25 heavy (non-hydrogen) atoms. The second-order valence-corrected chi connectivity index (χ2v) is 5.41. The molecule has 3 rings (SSSR count). The lowest BCUT2D eigenvalue weighted by atomic mass is 10.2. The summed E-state index contributed by atoms with van der Waals surface area (Å²) < 4.78 is 65.8. The van der Waals surface area contributed by atoms with Crippen LogP contribution in [0.15, 0.2) is 18.2 Å². The molecule has 1 N–H and O–H groups in total. The van der Waals surface area contributed by atoms with Gasteiger partial charge in [0.25, 0.3) is 0 Å². The van der Waals surface area contributed by atoms with Crippen molar-refractivity contribution in [3.05, 3.63) is 47.0 Å². The molecular formula is C14H12F5N5O. The highest BCUT2D eigenvalue weighted by Crippen LogP contribution is 2.29. The first kappa shape index (κ1) is 17.1. The van der Waals surface area contributed by atoms with E-state index in [0.29, 0.717) is 0 Å². The standard InChI is InChI=1S/C14H12F5N5O/c15-9-1-2-10(16)8(5-9)6-20-13(25)23-3-4-24-11(7-23)21-22-12(24)14(17,18)19/h1-2,5H,3-4,6-7H2,(H,20,25). The number of hydrogen-bond acceptors (Lipinski definition) is 3. The Morgan fingerprint density at radius 3 is 2.68 bits per heavy atom. The second-order valence-electron chi connectivity index (χ2n) is 5.41. The van der Waals surface area contributed by atoms with E-state index in [-0.39, 0.29) is 37.6 Å². The molecule has 0 unspecified atom stereocenters. The third-order valence-corrected chi connectivity index (χ3v) is 3.73. The Morgan fingerprint density at radius 2 is 1.96 bits per heavy atom. The quantitative estimate of drug-likeness (QED) is 0.835. The van der Waals surface area contributed by atoms with Crippen LogP contribution in [0.5, 0.6) is 0 Å². The summed E-state index contributed by atoms with van der Waals surface area (Å²) in [6.45, 7) is -0.523. The van der Waals surface area contributed by atoms with Crippen LogP contribution >= 0.6 is 0 Å². The molecular weight excluding hydrogens is 349 g/mol. The van der Waals surface area contributed by atoms with Gasteiger partial charge in [-0.05, 0) is 18.2 Å². The summed E-state index contributed by atoms with van der Waals surface area (Å²) in [6.07, 6.45) is -4.62. The van der Waals surface area contributed by atoms with Crippen LogP contribution in [-0.2, 0) is 25.8 Å². The number of nitrogens with zero attached hydrogens (tertiary/aromatic N) is 4. The monoisotopic (exact) mass is 361 g/mol. The number of hydrogen-bond donors (Lipinski definition) is 1. The lowest BCUT2D eigenvalue weighted by Crippen LogP contribution is -2.44. The number of rotatable bonds is 2. The van der Waals surface area contributed by atoms with Crippen LogP contribution in [0.25, 0.3) is 0 Å². The molecule has 2 heterocycles. The first-order chi connectivity index (χ1) is 11.8. The third-order valence-electron chi connectivity index (χ3n) is 3.73. The Labute approximate surface area is 138 Å². The predicted molar refractivity (Wildman–Crippen MR) is 74.0 cm³/mol. The summed E-state index contributed by atoms with van der Waals surface area (Å²) in [7, 11) is 0. The fourth-order valence-corrected chi connectivity index (χ4v) is 2.50. The minimum Gasteiger partial charge on any atom is -0.334 e. The molecule has 1 aromatic heterocycles. The van der Waals surface area contributed by atoms with Gasteiger partial charge < -0.3 is 14.8 Å². The van der Waals surface area contributed by atoms with Gasteiger partial charge in [0.05, 0.1) is 6.54 Å². The highest BCUT2D eigenvalue weighted by molar-refractivity contribution is 5.74. The number of amides is 2. The molecule has 0 fully saturated rings. The minimum absolute atomic E-state index is 0.00524. The fourth-order valence-electron chi connectivity index (χ4n) is 2.50. The van der Waals surface area contributed by atoms with Gasteiger partial charge in [0.2, 0.25) is 5.82 Å². The molecule has 134 valence electrons. The Kier molecular flexibility index (Phi) is 4.31. The SMILES string of the molecule is O=C(NCc1cc(F)ccc1F)N1CCn2c(nnc2C(F)(F)F)C1. The molecule has 11 heteroatoms. The van der Waals surface area contributed by atoms with Gasteiger partial charge in [-0.1, -0.05) is 0 Å². The molecule has 0 saturated carbocycles. The number of nitrogens with one attached hydrogen (secondary N) is 1. The van der Waals surface area contributed by atoms with Crippen LogP contribution in [0.4, 0.5) is 26.7 Å². The lowest BCUT2D eigenvalue weighted by molar-refractivity contribution is -0.147. The van der Waals surface area contributed by atoms with Crippen molar-refractivity contribution in [1.29, 1.82) is 0 Å². The number of halogens is 5. The zero-order chi connectivity index (χ0) is 18.2. The zero-order valence-corrected chi connectivity index (χ0v) is 12.6. The van der Waals surface area contributed by atoms with Crippen LogP contribution in [0.1, 0.15) is 17.2 Å². The molecule has 1 aliphatic rings. The van der Waals surface area contributed by atoms with Gasteiger partial charge in [-0.25, -0.2) is 13.6 Å². The average molecular weight is 361 g/mol. The maximum Gasteiger partial charge on any atom is 0.451 e. The maximum absolute atomic E-state index is 13.5. The Morgan fingerprint density at radius 1 is 1.20 bits per heavy atom. The van der Waals surface area contributed by atoms with Crippen LogP contribution in [0.3, 0.4) is 0 Å². The van der Waals surface area contributed by atoms with E-state index in [1.165, 1.54) is 4.90 Å². The Hall–Kier alpha value is -2.72. The lowest BCUT2D eigenvalue weighted by Gasteiger charge is -2.28. The summed E-state index contributed by atoms with van der Waals surface area (Å²) in [4.78, 5) is 13.3. The van der Waals surface area contributed by atoms with Crippen molar-refractivity contribution in [2.45, 2.75) is 25.8 Å². The molecule has 0 bridgehead atoms. The van der Waals surface area contributed by atoms with Crippen LogP contribution in [-0.4, -0.2) is 32.2 Å². The van der Waals surface area contributed by atoms with E-state index in [1.54, 1.807) is 0 Å². The summed E-state index contributed by atoms with van der Waals surface area (Å²) in [5.41, 5.74) is -0.0344. The first-order valence-electron chi connectivity index (χ1n) is 7.21. The van der Waals surface area contributed by atoms with Crippen molar-refractivity contribution < 1.29 is 26.7 Å². The minimum atomic E-state index is -4.62. The summed E-state index contributed by atoms with van der Waals surface area (Å²) in [5, 5.41) is 8.98. The number of fused-ring (bicyclic) bond motifs is 1. The van der Waals surface area contributed by atoms with E-state index in [0.717, 1.165) is 22.8 Å². The molecule has 0 aliphatic carbocycles. The molecule has 2 aromatic rings. The van der Waals surface area contributed by atoms with Gasteiger partial charge in [-0.3, -0.25) is 0 Å². The number of carbonyl (C=O) groups excluding carboxylic acids is 1. The molecule has 0 radical (unpaired) electrons. The van der Waals surface area contributed by atoms with Crippen molar-refractivity contribution in [3.63, 3.8) is 0 Å². The van der Waals surface area contributed by atoms with Gasteiger partial charge in [-0.2, -0.15) is 13.2 Å². The number of aromatic nitrogens is 3. The van der Waals surface area contributed by atoms with Crippen molar-refractivity contribution >= 4 is 6.03 Å². The topological polar surface area (TPSA) is 63.1 Å². The smallest absolute Gasteiger partial charge is 0.334 e. The maximum atomic E-state index is 13.5. The van der Waals surface area contributed by atoms with Crippen LogP contribution in [0, 0.1) is 11.6 Å². The van der Waals surface area contributed by atoms with E-state index >= 15 is 0 Å². The van der Waals surface area contributed by atoms with E-state index in [9.17, 15) is 26.7 Å².